The van der Waals surface area contributed by atoms with Crippen LogP contribution in [0, 0.1) is 5.92 Å². The summed E-state index contributed by atoms with van der Waals surface area (Å²) in [4.78, 5) is 4.39. The van der Waals surface area contributed by atoms with Crippen LogP contribution in [-0.2, 0) is 0 Å². The molecule has 2 aromatic rings. The number of thioether (sulfide) groups is 1. The number of nitrogens with zero attached hydrogens (tertiary/aromatic N) is 1. The molecule has 1 saturated heterocycles. The molecule has 1 aliphatic rings. The minimum Gasteiger partial charge on any atom is -0.423 e. The largest absolute Gasteiger partial charge is 0.423 e. The zero-order valence-corrected chi connectivity index (χ0v) is 11.0. The first-order valence-corrected chi connectivity index (χ1v) is 7.45. The number of para-hydroxylation sites is 1. The van der Waals surface area contributed by atoms with E-state index >= 15 is 0 Å². The first-order valence-electron chi connectivity index (χ1n) is 6.29. The number of hydrogen-bond donors (Lipinski definition) is 2. The summed E-state index contributed by atoms with van der Waals surface area (Å²) >= 11 is 2.04. The first kappa shape index (κ1) is 11.7. The molecule has 0 spiro atoms. The predicted molar refractivity (Wildman–Crippen MR) is 77.0 cm³/mol. The molecule has 18 heavy (non-hydrogen) atoms. The second kappa shape index (κ2) is 5.10. The number of anilines is 2. The van der Waals surface area contributed by atoms with Gasteiger partial charge in [-0.25, -0.2) is 0 Å². The Hall–Kier alpha value is -1.36. The van der Waals surface area contributed by atoms with Gasteiger partial charge >= 0.3 is 0 Å². The van der Waals surface area contributed by atoms with Crippen molar-refractivity contribution in [2.24, 2.45) is 5.92 Å². The van der Waals surface area contributed by atoms with E-state index in [2.05, 4.69) is 10.3 Å². The fourth-order valence-corrected chi connectivity index (χ4v) is 3.43. The van der Waals surface area contributed by atoms with E-state index in [1.807, 2.05) is 30.0 Å². The van der Waals surface area contributed by atoms with Crippen LogP contribution in [0.1, 0.15) is 12.8 Å². The Morgan fingerprint density at radius 3 is 3.00 bits per heavy atom. The quantitative estimate of drug-likeness (QED) is 0.833. The van der Waals surface area contributed by atoms with E-state index in [4.69, 9.17) is 10.2 Å². The highest BCUT2D eigenvalue weighted by atomic mass is 32.2. The Labute approximate surface area is 110 Å². The molecule has 0 amide bonds. The first-order chi connectivity index (χ1) is 8.83. The van der Waals surface area contributed by atoms with Crippen molar-refractivity contribution in [2.75, 3.05) is 29.1 Å². The lowest BCUT2D eigenvalue weighted by Crippen LogP contribution is -2.19. The van der Waals surface area contributed by atoms with Gasteiger partial charge in [-0.2, -0.15) is 16.7 Å². The summed E-state index contributed by atoms with van der Waals surface area (Å²) in [5.41, 5.74) is 8.02. The minimum atomic E-state index is 0.584. The number of aromatic nitrogens is 1. The molecule has 96 valence electrons. The van der Waals surface area contributed by atoms with Crippen LogP contribution in [0.5, 0.6) is 0 Å². The number of hydrogen-bond acceptors (Lipinski definition) is 5. The van der Waals surface area contributed by atoms with Gasteiger partial charge in [0, 0.05) is 6.54 Å². The highest BCUT2D eigenvalue weighted by Gasteiger charge is 2.15. The topological polar surface area (TPSA) is 64.1 Å². The van der Waals surface area contributed by atoms with E-state index in [-0.39, 0.29) is 0 Å². The molecular weight excluding hydrogens is 246 g/mol. The molecule has 1 fully saturated rings. The molecule has 0 aliphatic carbocycles. The molecule has 1 aromatic carbocycles. The second-order valence-electron chi connectivity index (χ2n) is 4.65. The van der Waals surface area contributed by atoms with E-state index in [0.717, 1.165) is 23.6 Å². The van der Waals surface area contributed by atoms with Crippen molar-refractivity contribution in [3.8, 4) is 0 Å². The molecule has 0 radical (unpaired) electrons. The molecule has 2 heterocycles. The van der Waals surface area contributed by atoms with Gasteiger partial charge in [-0.05, 0) is 42.4 Å². The molecule has 5 heteroatoms. The molecule has 0 bridgehead atoms. The summed E-state index contributed by atoms with van der Waals surface area (Å²) in [5.74, 6) is 3.28. The van der Waals surface area contributed by atoms with E-state index in [1.54, 1.807) is 0 Å². The SMILES string of the molecule is Nc1cccc2oc(NCC3CCSCC3)nc12. The Bertz CT molecular complexity index is 534. The highest BCUT2D eigenvalue weighted by Crippen LogP contribution is 2.26. The van der Waals surface area contributed by atoms with Crippen molar-refractivity contribution in [1.82, 2.24) is 4.98 Å². The van der Waals surface area contributed by atoms with Crippen molar-refractivity contribution in [3.63, 3.8) is 0 Å². The summed E-state index contributed by atoms with van der Waals surface area (Å²) in [6, 6.07) is 6.19. The standard InChI is InChI=1S/C13H17N3OS/c14-10-2-1-3-11-12(10)16-13(17-11)15-8-9-4-6-18-7-5-9/h1-3,9H,4-8,14H2,(H,15,16). The summed E-state index contributed by atoms with van der Waals surface area (Å²) in [6.07, 6.45) is 2.56. The fraction of sp³-hybridized carbons (Fsp3) is 0.462. The zero-order valence-electron chi connectivity index (χ0n) is 10.2. The van der Waals surface area contributed by atoms with Gasteiger partial charge in [-0.1, -0.05) is 6.07 Å². The fourth-order valence-electron chi connectivity index (χ4n) is 2.23. The molecular formula is C13H17N3OS. The summed E-state index contributed by atoms with van der Waals surface area (Å²) in [6.45, 7) is 0.938. The van der Waals surface area contributed by atoms with Crippen LogP contribution in [-0.4, -0.2) is 23.0 Å². The van der Waals surface area contributed by atoms with Crippen LogP contribution < -0.4 is 11.1 Å². The molecule has 1 aliphatic heterocycles. The van der Waals surface area contributed by atoms with Gasteiger partial charge in [-0.3, -0.25) is 0 Å². The van der Waals surface area contributed by atoms with Crippen molar-refractivity contribution in [3.05, 3.63) is 18.2 Å². The van der Waals surface area contributed by atoms with Crippen LogP contribution in [0.15, 0.2) is 22.6 Å². The van der Waals surface area contributed by atoms with Gasteiger partial charge in [0.2, 0.25) is 0 Å². The number of oxazole rings is 1. The molecule has 3 N–H and O–H groups in total. The number of fused-ring (bicyclic) bond motifs is 1. The molecule has 4 nitrogen and oxygen atoms in total. The Morgan fingerprint density at radius 1 is 1.39 bits per heavy atom. The lowest BCUT2D eigenvalue weighted by molar-refractivity contribution is 0.504. The zero-order chi connectivity index (χ0) is 12.4. The van der Waals surface area contributed by atoms with Crippen molar-refractivity contribution in [1.29, 1.82) is 0 Å². The van der Waals surface area contributed by atoms with Gasteiger partial charge in [0.25, 0.3) is 6.01 Å². The number of rotatable bonds is 3. The van der Waals surface area contributed by atoms with Crippen LogP contribution in [0.25, 0.3) is 11.1 Å². The van der Waals surface area contributed by atoms with Gasteiger partial charge in [-0.15, -0.1) is 0 Å². The third kappa shape index (κ3) is 2.41. The highest BCUT2D eigenvalue weighted by molar-refractivity contribution is 7.99. The molecule has 0 saturated carbocycles. The number of benzene rings is 1. The average Bonchev–Trinajstić information content (AvgIpc) is 2.82. The normalized spacial score (nSPS) is 17.1. The maximum atomic E-state index is 5.86. The number of nitrogen functional groups attached to an aromatic ring is 1. The van der Waals surface area contributed by atoms with Gasteiger partial charge in [0.05, 0.1) is 5.69 Å². The van der Waals surface area contributed by atoms with Crippen molar-refractivity contribution in [2.45, 2.75) is 12.8 Å². The van der Waals surface area contributed by atoms with E-state index in [1.165, 1.54) is 24.3 Å². The van der Waals surface area contributed by atoms with E-state index < -0.39 is 0 Å². The summed E-state index contributed by atoms with van der Waals surface area (Å²) in [5, 5.41) is 3.29. The summed E-state index contributed by atoms with van der Waals surface area (Å²) < 4.78 is 5.63. The smallest absolute Gasteiger partial charge is 0.295 e. The second-order valence-corrected chi connectivity index (χ2v) is 5.87. The molecule has 0 atom stereocenters. The summed E-state index contributed by atoms with van der Waals surface area (Å²) in [7, 11) is 0. The van der Waals surface area contributed by atoms with Crippen molar-refractivity contribution < 1.29 is 4.42 Å². The Balaban J connectivity index is 1.69. The van der Waals surface area contributed by atoms with E-state index in [9.17, 15) is 0 Å². The monoisotopic (exact) mass is 263 g/mol. The Morgan fingerprint density at radius 2 is 2.22 bits per heavy atom. The van der Waals surface area contributed by atoms with Crippen LogP contribution in [0.2, 0.25) is 0 Å². The number of nitrogens with two attached hydrogens (primary N) is 1. The van der Waals surface area contributed by atoms with Gasteiger partial charge in [0.1, 0.15) is 5.52 Å². The number of nitrogens with one attached hydrogen (secondary N) is 1. The average molecular weight is 263 g/mol. The third-order valence-corrected chi connectivity index (χ3v) is 4.38. The van der Waals surface area contributed by atoms with Crippen LogP contribution in [0.3, 0.4) is 0 Å². The third-order valence-electron chi connectivity index (χ3n) is 3.33. The van der Waals surface area contributed by atoms with Gasteiger partial charge < -0.3 is 15.5 Å². The Kier molecular flexibility index (Phi) is 3.32. The lowest BCUT2D eigenvalue weighted by Gasteiger charge is -2.20. The predicted octanol–water partition coefficient (Wildman–Crippen LogP) is 2.97. The maximum absolute atomic E-state index is 5.86. The van der Waals surface area contributed by atoms with Gasteiger partial charge in [0.15, 0.2) is 5.58 Å². The molecule has 1 aromatic heterocycles. The van der Waals surface area contributed by atoms with Crippen LogP contribution in [0.4, 0.5) is 11.7 Å². The maximum Gasteiger partial charge on any atom is 0.295 e. The molecule has 0 unspecified atom stereocenters. The van der Waals surface area contributed by atoms with E-state index in [0.29, 0.717) is 11.7 Å². The van der Waals surface area contributed by atoms with Crippen molar-refractivity contribution >= 4 is 34.6 Å². The lowest BCUT2D eigenvalue weighted by atomic mass is 10.0. The molecule has 3 rings (SSSR count). The minimum absolute atomic E-state index is 0.584. The van der Waals surface area contributed by atoms with Crippen LogP contribution >= 0.6 is 11.8 Å².